The molecule has 5 rings (SSSR count). The van der Waals surface area contributed by atoms with Crippen LogP contribution in [0.5, 0.6) is 5.75 Å². The second-order valence-electron chi connectivity index (χ2n) is 11.2. The number of hydrogen-bond acceptors (Lipinski definition) is 3. The molecule has 3 aromatic carbocycles. The van der Waals surface area contributed by atoms with E-state index in [1.54, 1.807) is 7.11 Å². The molecule has 4 aromatic rings. The summed E-state index contributed by atoms with van der Waals surface area (Å²) < 4.78 is 13.1. The van der Waals surface area contributed by atoms with Crippen LogP contribution in [-0.2, 0) is 21.5 Å². The zero-order chi connectivity index (χ0) is 26.7. The van der Waals surface area contributed by atoms with Crippen molar-refractivity contribution < 1.29 is 14.3 Å². The molecule has 1 saturated heterocycles. The summed E-state index contributed by atoms with van der Waals surface area (Å²) in [5.74, 6) is 0.999. The molecule has 1 aliphatic rings. The van der Waals surface area contributed by atoms with Crippen molar-refractivity contribution in [2.75, 3.05) is 33.4 Å². The van der Waals surface area contributed by atoms with Gasteiger partial charge < -0.3 is 18.9 Å². The van der Waals surface area contributed by atoms with Crippen molar-refractivity contribution in [3.05, 3.63) is 101 Å². The van der Waals surface area contributed by atoms with Crippen molar-refractivity contribution in [2.45, 2.75) is 45.1 Å². The first-order valence-corrected chi connectivity index (χ1v) is 13.5. The van der Waals surface area contributed by atoms with Crippen molar-refractivity contribution in [1.29, 1.82) is 0 Å². The lowest BCUT2D eigenvalue weighted by molar-refractivity contribution is -0.135. The van der Waals surface area contributed by atoms with Gasteiger partial charge in [-0.25, -0.2) is 0 Å². The van der Waals surface area contributed by atoms with Gasteiger partial charge in [-0.1, -0.05) is 75.4 Å². The third kappa shape index (κ3) is 5.63. The number of para-hydroxylation sites is 1. The summed E-state index contributed by atoms with van der Waals surface area (Å²) in [5.41, 5.74) is 6.11. The molecule has 5 nitrogen and oxygen atoms in total. The van der Waals surface area contributed by atoms with E-state index in [1.165, 1.54) is 33.2 Å². The van der Waals surface area contributed by atoms with Crippen LogP contribution in [0.3, 0.4) is 0 Å². The summed E-state index contributed by atoms with van der Waals surface area (Å²) in [6.45, 7) is 9.98. The lowest BCUT2D eigenvalue weighted by Crippen LogP contribution is -2.41. The fourth-order valence-electron chi connectivity index (χ4n) is 5.35. The Morgan fingerprint density at radius 2 is 1.63 bits per heavy atom. The molecule has 1 aromatic heterocycles. The van der Waals surface area contributed by atoms with Crippen LogP contribution in [0.25, 0.3) is 10.9 Å². The van der Waals surface area contributed by atoms with Gasteiger partial charge in [-0.3, -0.25) is 4.79 Å². The van der Waals surface area contributed by atoms with Gasteiger partial charge in [0.1, 0.15) is 5.75 Å². The number of carbonyl (C=O) groups excluding carboxylic acids is 1. The zero-order valence-electron chi connectivity index (χ0n) is 22.9. The number of amides is 1. The van der Waals surface area contributed by atoms with E-state index < -0.39 is 0 Å². The average molecular weight is 511 g/mol. The smallest absolute Gasteiger partial charge is 0.223 e. The molecule has 198 valence electrons. The third-order valence-electron chi connectivity index (χ3n) is 7.63. The van der Waals surface area contributed by atoms with E-state index in [1.807, 2.05) is 17.0 Å². The zero-order valence-corrected chi connectivity index (χ0v) is 22.9. The van der Waals surface area contributed by atoms with E-state index in [4.69, 9.17) is 9.47 Å². The first-order chi connectivity index (χ1) is 18.3. The van der Waals surface area contributed by atoms with Crippen LogP contribution in [0.15, 0.2) is 79.0 Å². The van der Waals surface area contributed by atoms with E-state index in [-0.39, 0.29) is 17.2 Å². The summed E-state index contributed by atoms with van der Waals surface area (Å²) in [5, 5.41) is 1.20. The van der Waals surface area contributed by atoms with Gasteiger partial charge in [0.2, 0.25) is 5.91 Å². The maximum atomic E-state index is 13.5. The average Bonchev–Trinajstić information content (AvgIpc) is 3.30. The van der Waals surface area contributed by atoms with Crippen molar-refractivity contribution in [2.24, 2.45) is 0 Å². The van der Waals surface area contributed by atoms with E-state index in [0.717, 1.165) is 12.3 Å². The van der Waals surface area contributed by atoms with Gasteiger partial charge >= 0.3 is 0 Å². The molecule has 0 saturated carbocycles. The Bertz CT molecular complexity index is 1370. The van der Waals surface area contributed by atoms with Crippen LogP contribution in [0.1, 0.15) is 55.4 Å². The molecule has 0 aliphatic carbocycles. The molecule has 0 N–H and O–H groups in total. The minimum absolute atomic E-state index is 0.0404. The number of rotatable bonds is 7. The van der Waals surface area contributed by atoms with Crippen LogP contribution >= 0.6 is 0 Å². The number of fused-ring (bicyclic) bond motifs is 1. The third-order valence-corrected chi connectivity index (χ3v) is 7.63. The largest absolute Gasteiger partial charge is 0.497 e. The normalized spacial score (nSPS) is 15.0. The molecule has 1 atom stereocenters. The van der Waals surface area contributed by atoms with E-state index in [9.17, 15) is 4.79 Å². The minimum Gasteiger partial charge on any atom is -0.497 e. The van der Waals surface area contributed by atoms with Crippen LogP contribution < -0.4 is 4.74 Å². The Morgan fingerprint density at radius 1 is 0.947 bits per heavy atom. The highest BCUT2D eigenvalue weighted by atomic mass is 16.5. The predicted molar refractivity (Wildman–Crippen MR) is 153 cm³/mol. The van der Waals surface area contributed by atoms with Gasteiger partial charge in [0.25, 0.3) is 0 Å². The van der Waals surface area contributed by atoms with E-state index >= 15 is 0 Å². The molecule has 1 fully saturated rings. The van der Waals surface area contributed by atoms with Crippen molar-refractivity contribution >= 4 is 16.8 Å². The van der Waals surface area contributed by atoms with Crippen molar-refractivity contribution in [1.82, 2.24) is 9.47 Å². The lowest BCUT2D eigenvalue weighted by Gasteiger charge is -2.29. The number of ether oxygens (including phenoxy) is 2. The highest BCUT2D eigenvalue weighted by molar-refractivity contribution is 5.87. The summed E-state index contributed by atoms with van der Waals surface area (Å²) >= 11 is 0. The second-order valence-corrected chi connectivity index (χ2v) is 11.2. The van der Waals surface area contributed by atoms with Gasteiger partial charge in [-0.2, -0.15) is 0 Å². The number of nitrogens with zero attached hydrogens (tertiary/aromatic N) is 2. The van der Waals surface area contributed by atoms with Crippen LogP contribution in [0, 0.1) is 0 Å². The van der Waals surface area contributed by atoms with Gasteiger partial charge in [0.15, 0.2) is 0 Å². The molecule has 5 heteroatoms. The molecule has 38 heavy (non-hydrogen) atoms. The number of carbonyl (C=O) groups is 1. The molecule has 1 amide bonds. The summed E-state index contributed by atoms with van der Waals surface area (Å²) in [6.07, 6.45) is 2.69. The lowest BCUT2D eigenvalue weighted by atomic mass is 9.83. The number of methoxy groups -OCH3 is 1. The van der Waals surface area contributed by atoms with Crippen LogP contribution in [0.2, 0.25) is 0 Å². The SMILES string of the molecule is COc1ccc(Cn2cc(C(CC(=O)N3CCOCC3)c3ccc(C(C)(C)C)cc3)c3ccccc32)cc1. The van der Waals surface area contributed by atoms with Crippen molar-refractivity contribution in [3.63, 3.8) is 0 Å². The fraction of sp³-hybridized carbons (Fsp3) is 0.364. The van der Waals surface area contributed by atoms with Crippen LogP contribution in [0.4, 0.5) is 0 Å². The number of hydrogen-bond donors (Lipinski definition) is 0. The Morgan fingerprint density at radius 3 is 2.29 bits per heavy atom. The number of benzene rings is 3. The quantitative estimate of drug-likeness (QED) is 0.290. The molecular formula is C33H38N2O3. The van der Waals surface area contributed by atoms with Gasteiger partial charge in [-0.05, 0) is 45.9 Å². The maximum Gasteiger partial charge on any atom is 0.223 e. The van der Waals surface area contributed by atoms with Gasteiger partial charge in [0, 0.05) is 49.1 Å². The predicted octanol–water partition coefficient (Wildman–Crippen LogP) is 6.38. The first kappa shape index (κ1) is 26.1. The monoisotopic (exact) mass is 510 g/mol. The highest BCUT2D eigenvalue weighted by Crippen LogP contribution is 2.36. The Balaban J connectivity index is 1.55. The van der Waals surface area contributed by atoms with Crippen molar-refractivity contribution in [3.8, 4) is 5.75 Å². The van der Waals surface area contributed by atoms with E-state index in [2.05, 4.69) is 92.2 Å². The summed E-state index contributed by atoms with van der Waals surface area (Å²) in [7, 11) is 1.69. The fourth-order valence-corrected chi connectivity index (χ4v) is 5.35. The summed E-state index contributed by atoms with van der Waals surface area (Å²) in [4.78, 5) is 15.5. The number of morpholine rings is 1. The standard InChI is InChI=1S/C33H38N2O3/c1-33(2,3)26-13-11-25(12-14-26)29(21-32(36)34-17-19-38-20-18-34)30-23-35(31-8-6-5-7-28(30)31)22-24-9-15-27(37-4)16-10-24/h5-16,23,29H,17-22H2,1-4H3. The summed E-state index contributed by atoms with van der Waals surface area (Å²) in [6, 6.07) is 25.6. The van der Waals surface area contributed by atoms with Gasteiger partial charge in [-0.15, -0.1) is 0 Å². The van der Waals surface area contributed by atoms with Gasteiger partial charge in [0.05, 0.1) is 20.3 Å². The topological polar surface area (TPSA) is 43.7 Å². The second kappa shape index (κ2) is 11.0. The highest BCUT2D eigenvalue weighted by Gasteiger charge is 2.27. The molecule has 0 bridgehead atoms. The molecule has 1 aliphatic heterocycles. The molecule has 2 heterocycles. The van der Waals surface area contributed by atoms with E-state index in [0.29, 0.717) is 32.7 Å². The Hall–Kier alpha value is -3.57. The molecule has 1 unspecified atom stereocenters. The first-order valence-electron chi connectivity index (χ1n) is 13.5. The Kier molecular flexibility index (Phi) is 7.57. The minimum atomic E-state index is -0.0404. The van der Waals surface area contributed by atoms with Crippen LogP contribution in [-0.4, -0.2) is 48.8 Å². The molecular weight excluding hydrogens is 472 g/mol. The maximum absolute atomic E-state index is 13.5. The number of aromatic nitrogens is 1. The molecule has 0 spiro atoms. The Labute approximate surface area is 226 Å². The molecule has 0 radical (unpaired) electrons.